The smallest absolute Gasteiger partial charge is 0.307 e. The maximum Gasteiger partial charge on any atom is 0.307 e. The van der Waals surface area contributed by atoms with E-state index < -0.39 is 5.97 Å². The molecule has 0 bridgehead atoms. The zero-order valence-electron chi connectivity index (χ0n) is 20.3. The number of fused-ring (bicyclic) bond motifs is 3. The number of carboxylic acid groups (broad SMARTS) is 1. The van der Waals surface area contributed by atoms with Crippen molar-refractivity contribution in [2.75, 3.05) is 12.0 Å². The number of carboxylic acids is 1. The Morgan fingerprint density at radius 3 is 2.49 bits per heavy atom. The standard InChI is InChI=1S/C28H27N3O4/c1-16-5-7-19(8-6-16)24-12-25-22-10-9-21(34-4)11-20(22)14-31(15-26-29-18(3)35-30-26)28(25)17(2)23(24)13-27(32)33/h5-12H,13-15H2,1-4H3,(H,32,33). The lowest BCUT2D eigenvalue weighted by Gasteiger charge is -2.35. The van der Waals surface area contributed by atoms with Gasteiger partial charge in [0.15, 0.2) is 5.82 Å². The van der Waals surface area contributed by atoms with Gasteiger partial charge in [-0.25, -0.2) is 0 Å². The molecule has 2 heterocycles. The van der Waals surface area contributed by atoms with E-state index in [0.717, 1.165) is 55.9 Å². The van der Waals surface area contributed by atoms with Crippen LogP contribution in [0, 0.1) is 20.8 Å². The van der Waals surface area contributed by atoms with E-state index in [1.807, 2.05) is 19.9 Å². The number of hydrogen-bond donors (Lipinski definition) is 1. The molecule has 3 aromatic carbocycles. The molecule has 0 aliphatic carbocycles. The SMILES string of the molecule is COc1ccc2c(c1)CN(Cc1noc(C)n1)c1c-2cc(-c2ccc(C)cc2)c(CC(=O)O)c1C. The number of carbonyl (C=O) groups is 1. The molecule has 0 amide bonds. The number of aromatic nitrogens is 2. The van der Waals surface area contributed by atoms with Gasteiger partial charge in [0.05, 0.1) is 20.1 Å². The number of hydrogen-bond acceptors (Lipinski definition) is 6. The molecule has 0 atom stereocenters. The number of nitrogens with zero attached hydrogens (tertiary/aromatic N) is 3. The van der Waals surface area contributed by atoms with Crippen molar-refractivity contribution in [1.29, 1.82) is 0 Å². The number of aryl methyl sites for hydroxylation is 2. The fourth-order valence-electron chi connectivity index (χ4n) is 4.92. The van der Waals surface area contributed by atoms with Crippen LogP contribution < -0.4 is 9.64 Å². The largest absolute Gasteiger partial charge is 0.497 e. The Bertz CT molecular complexity index is 1420. The van der Waals surface area contributed by atoms with Crippen molar-refractivity contribution >= 4 is 11.7 Å². The second-order valence-corrected chi connectivity index (χ2v) is 8.97. The third-order valence-corrected chi connectivity index (χ3v) is 6.55. The third kappa shape index (κ3) is 4.25. The molecule has 178 valence electrons. The summed E-state index contributed by atoms with van der Waals surface area (Å²) < 4.78 is 10.7. The Morgan fingerprint density at radius 1 is 1.06 bits per heavy atom. The average Bonchev–Trinajstić information content (AvgIpc) is 3.24. The zero-order valence-corrected chi connectivity index (χ0v) is 20.3. The molecule has 5 rings (SSSR count). The van der Waals surface area contributed by atoms with E-state index in [4.69, 9.17) is 9.26 Å². The maximum absolute atomic E-state index is 11.9. The molecule has 7 nitrogen and oxygen atoms in total. The van der Waals surface area contributed by atoms with Crippen molar-refractivity contribution in [3.05, 3.63) is 82.5 Å². The number of rotatable bonds is 6. The van der Waals surface area contributed by atoms with E-state index in [1.165, 1.54) is 0 Å². The second kappa shape index (κ2) is 8.91. The van der Waals surface area contributed by atoms with Crippen LogP contribution in [-0.4, -0.2) is 28.3 Å². The molecule has 0 fully saturated rings. The minimum Gasteiger partial charge on any atom is -0.497 e. The highest BCUT2D eigenvalue weighted by Crippen LogP contribution is 2.47. The number of aliphatic carboxylic acids is 1. The topological polar surface area (TPSA) is 88.7 Å². The Hall–Kier alpha value is -4.13. The lowest BCUT2D eigenvalue weighted by Crippen LogP contribution is -2.28. The van der Waals surface area contributed by atoms with Crippen LogP contribution in [0.4, 0.5) is 5.69 Å². The molecule has 0 spiro atoms. The van der Waals surface area contributed by atoms with E-state index in [-0.39, 0.29) is 6.42 Å². The minimum absolute atomic E-state index is 0.0625. The van der Waals surface area contributed by atoms with Crippen LogP contribution in [0.5, 0.6) is 5.75 Å². The summed E-state index contributed by atoms with van der Waals surface area (Å²) >= 11 is 0. The van der Waals surface area contributed by atoms with Gasteiger partial charge in [-0.05, 0) is 65.4 Å². The average molecular weight is 470 g/mol. The van der Waals surface area contributed by atoms with Crippen LogP contribution in [0.3, 0.4) is 0 Å². The van der Waals surface area contributed by atoms with Crippen LogP contribution in [0.25, 0.3) is 22.3 Å². The molecule has 1 aliphatic rings. The number of anilines is 1. The summed E-state index contributed by atoms with van der Waals surface area (Å²) in [5, 5.41) is 13.9. The molecule has 7 heteroatoms. The molecule has 35 heavy (non-hydrogen) atoms. The summed E-state index contributed by atoms with van der Waals surface area (Å²) in [6, 6.07) is 16.4. The van der Waals surface area contributed by atoms with Gasteiger partial charge in [0.2, 0.25) is 5.89 Å². The molecular formula is C28H27N3O4. The monoisotopic (exact) mass is 469 g/mol. The van der Waals surface area contributed by atoms with Gasteiger partial charge in [-0.15, -0.1) is 0 Å². The Labute approximate surface area is 204 Å². The molecule has 0 radical (unpaired) electrons. The van der Waals surface area contributed by atoms with Crippen molar-refractivity contribution in [2.24, 2.45) is 0 Å². The van der Waals surface area contributed by atoms with Crippen LogP contribution in [0.2, 0.25) is 0 Å². The Balaban J connectivity index is 1.76. The van der Waals surface area contributed by atoms with Gasteiger partial charge in [0.1, 0.15) is 5.75 Å². The van der Waals surface area contributed by atoms with Crippen molar-refractivity contribution in [1.82, 2.24) is 10.1 Å². The first-order valence-corrected chi connectivity index (χ1v) is 11.5. The van der Waals surface area contributed by atoms with Crippen LogP contribution in [0.15, 0.2) is 53.1 Å². The summed E-state index contributed by atoms with van der Waals surface area (Å²) in [6.45, 7) is 6.88. The van der Waals surface area contributed by atoms with Gasteiger partial charge in [0.25, 0.3) is 0 Å². The van der Waals surface area contributed by atoms with Crippen molar-refractivity contribution in [3.8, 4) is 28.0 Å². The Morgan fingerprint density at radius 2 is 1.83 bits per heavy atom. The fourth-order valence-corrected chi connectivity index (χ4v) is 4.92. The molecule has 0 saturated carbocycles. The summed E-state index contributed by atoms with van der Waals surface area (Å²) in [4.78, 5) is 18.5. The van der Waals surface area contributed by atoms with Gasteiger partial charge in [-0.2, -0.15) is 4.98 Å². The summed E-state index contributed by atoms with van der Waals surface area (Å²) in [6.07, 6.45) is -0.0625. The minimum atomic E-state index is -0.859. The lowest BCUT2D eigenvalue weighted by molar-refractivity contribution is -0.136. The second-order valence-electron chi connectivity index (χ2n) is 8.97. The van der Waals surface area contributed by atoms with Crippen LogP contribution in [0.1, 0.15) is 34.0 Å². The fraction of sp³-hybridized carbons (Fsp3) is 0.250. The quantitative estimate of drug-likeness (QED) is 0.400. The number of methoxy groups -OCH3 is 1. The van der Waals surface area contributed by atoms with Crippen molar-refractivity contribution in [2.45, 2.75) is 40.3 Å². The maximum atomic E-state index is 11.9. The first-order valence-electron chi connectivity index (χ1n) is 11.5. The first-order chi connectivity index (χ1) is 16.8. The van der Waals surface area contributed by atoms with Gasteiger partial charge in [-0.1, -0.05) is 41.1 Å². The third-order valence-electron chi connectivity index (χ3n) is 6.55. The summed E-state index contributed by atoms with van der Waals surface area (Å²) in [5.41, 5.74) is 9.13. The van der Waals surface area contributed by atoms with Crippen molar-refractivity contribution in [3.63, 3.8) is 0 Å². The highest BCUT2D eigenvalue weighted by molar-refractivity contribution is 5.92. The van der Waals surface area contributed by atoms with Crippen LogP contribution in [-0.2, 0) is 24.3 Å². The first kappa shape index (κ1) is 22.7. The lowest BCUT2D eigenvalue weighted by atomic mass is 9.84. The molecule has 1 aliphatic heterocycles. The van der Waals surface area contributed by atoms with Crippen molar-refractivity contribution < 1.29 is 19.2 Å². The van der Waals surface area contributed by atoms with E-state index >= 15 is 0 Å². The van der Waals surface area contributed by atoms with E-state index in [0.29, 0.717) is 24.8 Å². The van der Waals surface area contributed by atoms with E-state index in [9.17, 15) is 9.90 Å². The summed E-state index contributed by atoms with van der Waals surface area (Å²) in [5.74, 6) is 1.03. The molecular weight excluding hydrogens is 442 g/mol. The number of ether oxygens (including phenoxy) is 1. The van der Waals surface area contributed by atoms with Gasteiger partial charge >= 0.3 is 5.97 Å². The summed E-state index contributed by atoms with van der Waals surface area (Å²) in [7, 11) is 1.66. The van der Waals surface area contributed by atoms with Gasteiger partial charge in [0, 0.05) is 24.7 Å². The number of benzene rings is 3. The predicted molar refractivity (Wildman–Crippen MR) is 134 cm³/mol. The molecule has 1 aromatic heterocycles. The molecule has 1 N–H and O–H groups in total. The Kier molecular flexibility index (Phi) is 5.76. The highest BCUT2D eigenvalue weighted by atomic mass is 16.5. The van der Waals surface area contributed by atoms with Crippen LogP contribution >= 0.6 is 0 Å². The van der Waals surface area contributed by atoms with Gasteiger partial charge in [-0.3, -0.25) is 4.79 Å². The molecule has 4 aromatic rings. The zero-order chi connectivity index (χ0) is 24.7. The van der Waals surface area contributed by atoms with E-state index in [2.05, 4.69) is 57.5 Å². The predicted octanol–water partition coefficient (Wildman–Crippen LogP) is 5.48. The molecule has 0 unspecified atom stereocenters. The van der Waals surface area contributed by atoms with E-state index in [1.54, 1.807) is 14.0 Å². The normalized spacial score (nSPS) is 12.3. The molecule has 0 saturated heterocycles. The van der Waals surface area contributed by atoms with Gasteiger partial charge < -0.3 is 19.3 Å². The highest BCUT2D eigenvalue weighted by Gasteiger charge is 2.29.